The Morgan fingerprint density at radius 2 is 2.14 bits per heavy atom. The summed E-state index contributed by atoms with van der Waals surface area (Å²) in [6, 6.07) is 3.76. The van der Waals surface area contributed by atoms with E-state index in [4.69, 9.17) is 0 Å². The van der Waals surface area contributed by atoms with Gasteiger partial charge < -0.3 is 15.2 Å². The summed E-state index contributed by atoms with van der Waals surface area (Å²) in [6.45, 7) is 6.67. The Morgan fingerprint density at radius 3 is 2.81 bits per heavy atom. The first-order valence-electron chi connectivity index (χ1n) is 7.04. The summed E-state index contributed by atoms with van der Waals surface area (Å²) in [5.74, 6) is 0.485. The number of hydrogen-bond donors (Lipinski definition) is 2. The molecular formula is C15H21N5O. The van der Waals surface area contributed by atoms with Crippen LogP contribution in [0.25, 0.3) is 0 Å². The quantitative estimate of drug-likeness (QED) is 0.851. The fourth-order valence-corrected chi connectivity index (χ4v) is 2.04. The molecule has 2 N–H and O–H groups in total. The molecule has 0 aromatic carbocycles. The number of hydrogen-bond acceptors (Lipinski definition) is 4. The predicted molar refractivity (Wildman–Crippen MR) is 82.2 cm³/mol. The molecule has 21 heavy (non-hydrogen) atoms. The van der Waals surface area contributed by atoms with E-state index in [1.165, 1.54) is 0 Å². The van der Waals surface area contributed by atoms with Crippen molar-refractivity contribution < 1.29 is 4.79 Å². The number of amides is 1. The maximum Gasteiger partial charge on any atom is 0.255 e. The van der Waals surface area contributed by atoms with Crippen molar-refractivity contribution in [3.05, 3.63) is 42.6 Å². The summed E-state index contributed by atoms with van der Waals surface area (Å²) in [4.78, 5) is 20.6. The zero-order valence-corrected chi connectivity index (χ0v) is 12.6. The normalized spacial score (nSPS) is 12.2. The van der Waals surface area contributed by atoms with Gasteiger partial charge in [-0.15, -0.1) is 0 Å². The fraction of sp³-hybridized carbons (Fsp3) is 0.400. The van der Waals surface area contributed by atoms with Gasteiger partial charge in [0.2, 0.25) is 0 Å². The van der Waals surface area contributed by atoms with Gasteiger partial charge in [0.15, 0.2) is 0 Å². The Hall–Kier alpha value is -2.37. The molecule has 0 fully saturated rings. The van der Waals surface area contributed by atoms with Gasteiger partial charge in [-0.25, -0.2) is 9.97 Å². The third kappa shape index (κ3) is 4.30. The number of rotatable bonds is 6. The van der Waals surface area contributed by atoms with E-state index in [-0.39, 0.29) is 18.0 Å². The lowest BCUT2D eigenvalue weighted by atomic mass is 10.2. The first kappa shape index (κ1) is 15.0. The number of anilines is 1. The van der Waals surface area contributed by atoms with Crippen LogP contribution in [0.1, 0.15) is 31.1 Å². The van der Waals surface area contributed by atoms with Gasteiger partial charge in [-0.2, -0.15) is 0 Å². The van der Waals surface area contributed by atoms with Gasteiger partial charge in [0.1, 0.15) is 5.82 Å². The molecule has 0 saturated heterocycles. The zero-order chi connectivity index (χ0) is 15.2. The molecule has 2 aromatic heterocycles. The fourth-order valence-electron chi connectivity index (χ4n) is 2.04. The maximum absolute atomic E-state index is 12.4. The van der Waals surface area contributed by atoms with Gasteiger partial charge in [0.05, 0.1) is 11.9 Å². The van der Waals surface area contributed by atoms with E-state index in [0.29, 0.717) is 17.9 Å². The van der Waals surface area contributed by atoms with Crippen LogP contribution in [-0.4, -0.2) is 32.5 Å². The van der Waals surface area contributed by atoms with E-state index >= 15 is 0 Å². The molecule has 6 nitrogen and oxygen atoms in total. The van der Waals surface area contributed by atoms with Crippen LogP contribution in [0, 0.1) is 0 Å². The number of carbonyl (C=O) groups is 1. The van der Waals surface area contributed by atoms with E-state index in [1.807, 2.05) is 31.5 Å². The van der Waals surface area contributed by atoms with Crippen molar-refractivity contribution in [1.29, 1.82) is 0 Å². The highest BCUT2D eigenvalue weighted by Crippen LogP contribution is 2.12. The van der Waals surface area contributed by atoms with Gasteiger partial charge in [0, 0.05) is 37.2 Å². The minimum absolute atomic E-state index is 0.00111. The van der Waals surface area contributed by atoms with E-state index in [0.717, 1.165) is 0 Å². The number of nitrogens with zero attached hydrogens (tertiary/aromatic N) is 3. The molecule has 0 aliphatic rings. The number of aromatic nitrogens is 3. The highest BCUT2D eigenvalue weighted by molar-refractivity contribution is 5.98. The molecule has 0 bridgehead atoms. The lowest BCUT2D eigenvalue weighted by Crippen LogP contribution is -2.36. The molecular weight excluding hydrogens is 266 g/mol. The smallest absolute Gasteiger partial charge is 0.255 e. The molecule has 0 saturated carbocycles. The summed E-state index contributed by atoms with van der Waals surface area (Å²) in [5.41, 5.74) is 0.559. The molecule has 2 aromatic rings. The van der Waals surface area contributed by atoms with Gasteiger partial charge >= 0.3 is 0 Å². The number of nitrogens with one attached hydrogen (secondary N) is 2. The van der Waals surface area contributed by atoms with Crippen LogP contribution in [0.5, 0.6) is 0 Å². The number of carbonyl (C=O) groups excluding carboxylic acids is 1. The second-order valence-corrected chi connectivity index (χ2v) is 5.33. The summed E-state index contributed by atoms with van der Waals surface area (Å²) < 4.78 is 1.93. The van der Waals surface area contributed by atoms with Crippen LogP contribution in [0.4, 0.5) is 5.82 Å². The minimum atomic E-state index is -0.126. The molecule has 112 valence electrons. The molecule has 1 unspecified atom stereocenters. The molecule has 1 atom stereocenters. The average molecular weight is 287 g/mol. The van der Waals surface area contributed by atoms with Crippen molar-refractivity contribution in [2.24, 2.45) is 0 Å². The standard InChI is InChI=1S/C15H21N5O/c1-11(2)18-14-13(5-4-6-17-14)15(21)19-12(3)9-20-8-7-16-10-20/h4-8,10-12H,9H2,1-3H3,(H,17,18)(H,19,21). The van der Waals surface area contributed by atoms with E-state index in [1.54, 1.807) is 30.9 Å². The average Bonchev–Trinajstić information content (AvgIpc) is 2.91. The second kappa shape index (κ2) is 6.88. The van der Waals surface area contributed by atoms with Gasteiger partial charge in [-0.05, 0) is 32.9 Å². The molecule has 0 spiro atoms. The summed E-state index contributed by atoms with van der Waals surface area (Å²) in [7, 11) is 0. The van der Waals surface area contributed by atoms with Crippen LogP contribution in [0.3, 0.4) is 0 Å². The first-order chi connectivity index (χ1) is 10.1. The third-order valence-corrected chi connectivity index (χ3v) is 2.90. The summed E-state index contributed by atoms with van der Waals surface area (Å²) >= 11 is 0. The lowest BCUT2D eigenvalue weighted by molar-refractivity contribution is 0.0937. The van der Waals surface area contributed by atoms with Gasteiger partial charge in [0.25, 0.3) is 5.91 Å². The van der Waals surface area contributed by atoms with E-state index in [2.05, 4.69) is 20.6 Å². The Labute approximate surface area is 124 Å². The molecule has 6 heteroatoms. The Bertz CT molecular complexity index is 580. The minimum Gasteiger partial charge on any atom is -0.367 e. The Balaban J connectivity index is 2.02. The van der Waals surface area contributed by atoms with Gasteiger partial charge in [-0.1, -0.05) is 0 Å². The third-order valence-electron chi connectivity index (χ3n) is 2.90. The zero-order valence-electron chi connectivity index (χ0n) is 12.6. The van der Waals surface area contributed by atoms with Crippen LogP contribution >= 0.6 is 0 Å². The SMILES string of the molecule is CC(C)Nc1ncccc1C(=O)NC(C)Cn1ccnc1. The Morgan fingerprint density at radius 1 is 1.33 bits per heavy atom. The van der Waals surface area contributed by atoms with E-state index < -0.39 is 0 Å². The van der Waals surface area contributed by atoms with Crippen molar-refractivity contribution >= 4 is 11.7 Å². The van der Waals surface area contributed by atoms with Crippen molar-refractivity contribution in [2.45, 2.75) is 39.4 Å². The monoisotopic (exact) mass is 287 g/mol. The van der Waals surface area contributed by atoms with Crippen molar-refractivity contribution in [3.63, 3.8) is 0 Å². The molecule has 1 amide bonds. The van der Waals surface area contributed by atoms with Crippen molar-refractivity contribution in [3.8, 4) is 0 Å². The highest BCUT2D eigenvalue weighted by atomic mass is 16.1. The molecule has 2 rings (SSSR count). The van der Waals surface area contributed by atoms with Crippen LogP contribution in [-0.2, 0) is 6.54 Å². The van der Waals surface area contributed by atoms with Crippen LogP contribution in [0.2, 0.25) is 0 Å². The predicted octanol–water partition coefficient (Wildman–Crippen LogP) is 1.92. The largest absolute Gasteiger partial charge is 0.367 e. The molecule has 0 aliphatic heterocycles. The maximum atomic E-state index is 12.4. The summed E-state index contributed by atoms with van der Waals surface area (Å²) in [5, 5.41) is 6.17. The number of imidazole rings is 1. The molecule has 0 aliphatic carbocycles. The highest BCUT2D eigenvalue weighted by Gasteiger charge is 2.15. The second-order valence-electron chi connectivity index (χ2n) is 5.33. The number of pyridine rings is 1. The first-order valence-corrected chi connectivity index (χ1v) is 7.04. The van der Waals surface area contributed by atoms with Crippen molar-refractivity contribution in [2.75, 3.05) is 5.32 Å². The van der Waals surface area contributed by atoms with Gasteiger partial charge in [-0.3, -0.25) is 4.79 Å². The Kier molecular flexibility index (Phi) is 4.92. The summed E-state index contributed by atoms with van der Waals surface area (Å²) in [6.07, 6.45) is 7.01. The van der Waals surface area contributed by atoms with Crippen LogP contribution in [0.15, 0.2) is 37.1 Å². The topological polar surface area (TPSA) is 71.8 Å². The lowest BCUT2D eigenvalue weighted by Gasteiger charge is -2.17. The van der Waals surface area contributed by atoms with Crippen LogP contribution < -0.4 is 10.6 Å². The molecule has 0 radical (unpaired) electrons. The molecule has 2 heterocycles. The van der Waals surface area contributed by atoms with E-state index in [9.17, 15) is 4.79 Å². The van der Waals surface area contributed by atoms with Crippen molar-refractivity contribution in [1.82, 2.24) is 19.9 Å².